The molecular weight excluding hydrogens is 284 g/mol. The van der Waals surface area contributed by atoms with Crippen molar-refractivity contribution in [1.29, 1.82) is 0 Å². The third kappa shape index (κ3) is 3.22. The zero-order valence-electron chi connectivity index (χ0n) is 12.1. The third-order valence-electron chi connectivity index (χ3n) is 3.20. The molecule has 22 heavy (non-hydrogen) atoms. The fraction of sp³-hybridized carbons (Fsp3) is 0.286. The van der Waals surface area contributed by atoms with Gasteiger partial charge in [-0.25, -0.2) is 4.98 Å². The molecule has 0 aromatic carbocycles. The standard InChI is InChI=1S/C14H16N6O2/c1-19-13(16-10-18-19)5-7-15-14(21)12-4-3-11(22-12)9-20-8-2-6-17-20/h2-4,6,8,10H,5,7,9H2,1H3,(H,15,21). The second kappa shape index (κ2) is 6.25. The van der Waals surface area contributed by atoms with Crippen LogP contribution in [0.4, 0.5) is 0 Å². The number of hydrogen-bond acceptors (Lipinski definition) is 5. The first-order valence-electron chi connectivity index (χ1n) is 6.89. The first kappa shape index (κ1) is 14.1. The van der Waals surface area contributed by atoms with Crippen LogP contribution in [0.3, 0.4) is 0 Å². The van der Waals surface area contributed by atoms with Crippen LogP contribution in [0, 0.1) is 0 Å². The van der Waals surface area contributed by atoms with Gasteiger partial charge in [0.05, 0.1) is 6.54 Å². The summed E-state index contributed by atoms with van der Waals surface area (Å²) >= 11 is 0. The maximum absolute atomic E-state index is 12.0. The second-order valence-corrected chi connectivity index (χ2v) is 4.78. The maximum atomic E-state index is 12.0. The third-order valence-corrected chi connectivity index (χ3v) is 3.20. The molecular formula is C14H16N6O2. The van der Waals surface area contributed by atoms with Crippen molar-refractivity contribution < 1.29 is 9.21 Å². The number of carbonyl (C=O) groups is 1. The Morgan fingerprint density at radius 1 is 1.36 bits per heavy atom. The number of aryl methyl sites for hydroxylation is 1. The predicted molar refractivity (Wildman–Crippen MR) is 77.1 cm³/mol. The van der Waals surface area contributed by atoms with E-state index in [1.807, 2.05) is 19.3 Å². The molecule has 0 unspecified atom stereocenters. The summed E-state index contributed by atoms with van der Waals surface area (Å²) in [6.45, 7) is 0.972. The highest BCUT2D eigenvalue weighted by Gasteiger charge is 2.11. The molecule has 0 aliphatic carbocycles. The first-order valence-corrected chi connectivity index (χ1v) is 6.89. The molecule has 3 rings (SSSR count). The number of carbonyl (C=O) groups excluding carboxylic acids is 1. The molecule has 0 fully saturated rings. The van der Waals surface area contributed by atoms with Gasteiger partial charge in [-0.3, -0.25) is 14.2 Å². The lowest BCUT2D eigenvalue weighted by atomic mass is 10.3. The lowest BCUT2D eigenvalue weighted by Gasteiger charge is -2.03. The monoisotopic (exact) mass is 300 g/mol. The Morgan fingerprint density at radius 3 is 3.00 bits per heavy atom. The summed E-state index contributed by atoms with van der Waals surface area (Å²) < 4.78 is 8.94. The van der Waals surface area contributed by atoms with Gasteiger partial charge in [0.25, 0.3) is 5.91 Å². The topological polar surface area (TPSA) is 90.8 Å². The van der Waals surface area contributed by atoms with Crippen molar-refractivity contribution in [2.75, 3.05) is 6.54 Å². The molecule has 0 radical (unpaired) electrons. The van der Waals surface area contributed by atoms with Crippen molar-refractivity contribution >= 4 is 5.91 Å². The maximum Gasteiger partial charge on any atom is 0.287 e. The Balaban J connectivity index is 1.52. The molecule has 8 nitrogen and oxygen atoms in total. The zero-order chi connectivity index (χ0) is 15.4. The summed E-state index contributed by atoms with van der Waals surface area (Å²) in [7, 11) is 1.82. The summed E-state index contributed by atoms with van der Waals surface area (Å²) in [5.41, 5.74) is 0. The highest BCUT2D eigenvalue weighted by atomic mass is 16.4. The van der Waals surface area contributed by atoms with Gasteiger partial charge in [0.1, 0.15) is 17.9 Å². The molecule has 3 aromatic heterocycles. The minimum absolute atomic E-state index is 0.242. The van der Waals surface area contributed by atoms with Crippen LogP contribution in [0.1, 0.15) is 22.1 Å². The van der Waals surface area contributed by atoms with E-state index in [0.717, 1.165) is 5.82 Å². The summed E-state index contributed by atoms with van der Waals surface area (Å²) in [5.74, 6) is 1.55. The number of furan rings is 1. The summed E-state index contributed by atoms with van der Waals surface area (Å²) in [6.07, 6.45) is 5.64. The highest BCUT2D eigenvalue weighted by molar-refractivity contribution is 5.91. The van der Waals surface area contributed by atoms with E-state index in [1.165, 1.54) is 6.33 Å². The number of amides is 1. The molecule has 8 heteroatoms. The van der Waals surface area contributed by atoms with Gasteiger partial charge in [0.2, 0.25) is 0 Å². The molecule has 3 aromatic rings. The van der Waals surface area contributed by atoms with Crippen LogP contribution in [-0.4, -0.2) is 37.0 Å². The SMILES string of the molecule is Cn1ncnc1CCNC(=O)c1ccc(Cn2cccn2)o1. The van der Waals surface area contributed by atoms with Gasteiger partial charge in [-0.1, -0.05) is 0 Å². The van der Waals surface area contributed by atoms with E-state index in [-0.39, 0.29) is 5.91 Å². The highest BCUT2D eigenvalue weighted by Crippen LogP contribution is 2.09. The summed E-state index contributed by atoms with van der Waals surface area (Å²) in [5, 5.41) is 10.9. The Labute approximate surface area is 126 Å². The summed E-state index contributed by atoms with van der Waals surface area (Å²) in [4.78, 5) is 16.1. The van der Waals surface area contributed by atoms with E-state index < -0.39 is 0 Å². The van der Waals surface area contributed by atoms with E-state index in [2.05, 4.69) is 20.5 Å². The number of nitrogens with one attached hydrogen (secondary N) is 1. The Kier molecular flexibility index (Phi) is 3.99. The molecule has 0 spiro atoms. The molecule has 0 bridgehead atoms. The van der Waals surface area contributed by atoms with E-state index in [9.17, 15) is 4.79 Å². The van der Waals surface area contributed by atoms with Gasteiger partial charge in [0, 0.05) is 32.4 Å². The molecule has 0 aliphatic rings. The number of rotatable bonds is 6. The van der Waals surface area contributed by atoms with E-state index in [0.29, 0.717) is 31.0 Å². The molecule has 0 atom stereocenters. The molecule has 1 N–H and O–H groups in total. The molecule has 0 aliphatic heterocycles. The van der Waals surface area contributed by atoms with Crippen molar-refractivity contribution in [3.8, 4) is 0 Å². The van der Waals surface area contributed by atoms with Crippen LogP contribution in [0.2, 0.25) is 0 Å². The second-order valence-electron chi connectivity index (χ2n) is 4.78. The fourth-order valence-corrected chi connectivity index (χ4v) is 2.06. The normalized spacial score (nSPS) is 10.8. The number of hydrogen-bond donors (Lipinski definition) is 1. The molecule has 3 heterocycles. The van der Waals surface area contributed by atoms with Crippen molar-refractivity contribution in [2.45, 2.75) is 13.0 Å². The van der Waals surface area contributed by atoms with E-state index >= 15 is 0 Å². The van der Waals surface area contributed by atoms with Crippen molar-refractivity contribution in [1.82, 2.24) is 29.9 Å². The van der Waals surface area contributed by atoms with Gasteiger partial charge < -0.3 is 9.73 Å². The first-order chi connectivity index (χ1) is 10.7. The van der Waals surface area contributed by atoms with Crippen molar-refractivity contribution in [2.24, 2.45) is 7.05 Å². The van der Waals surface area contributed by atoms with Gasteiger partial charge in [0.15, 0.2) is 5.76 Å². The fourth-order valence-electron chi connectivity index (χ4n) is 2.06. The minimum atomic E-state index is -0.242. The van der Waals surface area contributed by atoms with Crippen LogP contribution < -0.4 is 5.32 Å². The van der Waals surface area contributed by atoms with Crippen molar-refractivity contribution in [3.63, 3.8) is 0 Å². The zero-order valence-corrected chi connectivity index (χ0v) is 12.1. The van der Waals surface area contributed by atoms with Gasteiger partial charge in [-0.15, -0.1) is 0 Å². The molecule has 114 valence electrons. The number of nitrogens with zero attached hydrogens (tertiary/aromatic N) is 5. The summed E-state index contributed by atoms with van der Waals surface area (Å²) in [6, 6.07) is 5.28. The van der Waals surface area contributed by atoms with Crippen LogP contribution >= 0.6 is 0 Å². The minimum Gasteiger partial charge on any atom is -0.454 e. The lowest BCUT2D eigenvalue weighted by Crippen LogP contribution is -2.26. The number of aromatic nitrogens is 5. The largest absolute Gasteiger partial charge is 0.454 e. The van der Waals surface area contributed by atoms with Gasteiger partial charge >= 0.3 is 0 Å². The lowest BCUT2D eigenvalue weighted by molar-refractivity contribution is 0.0924. The van der Waals surface area contributed by atoms with Crippen LogP contribution in [-0.2, 0) is 20.0 Å². The smallest absolute Gasteiger partial charge is 0.287 e. The average molecular weight is 300 g/mol. The quantitative estimate of drug-likeness (QED) is 0.721. The Bertz CT molecular complexity index is 743. The molecule has 0 saturated carbocycles. The van der Waals surface area contributed by atoms with Crippen LogP contribution in [0.5, 0.6) is 0 Å². The van der Waals surface area contributed by atoms with E-state index in [1.54, 1.807) is 27.7 Å². The Morgan fingerprint density at radius 2 is 2.27 bits per heavy atom. The average Bonchev–Trinajstić information content (AvgIpc) is 3.23. The predicted octanol–water partition coefficient (Wildman–Crippen LogP) is 0.625. The van der Waals surface area contributed by atoms with E-state index in [4.69, 9.17) is 4.42 Å². The van der Waals surface area contributed by atoms with Crippen LogP contribution in [0.15, 0.2) is 41.3 Å². The van der Waals surface area contributed by atoms with Crippen LogP contribution in [0.25, 0.3) is 0 Å². The Hall–Kier alpha value is -2.90. The van der Waals surface area contributed by atoms with Gasteiger partial charge in [-0.05, 0) is 18.2 Å². The molecule has 0 saturated heterocycles. The molecule has 1 amide bonds. The van der Waals surface area contributed by atoms with Gasteiger partial charge in [-0.2, -0.15) is 10.2 Å². The van der Waals surface area contributed by atoms with Crippen molar-refractivity contribution in [3.05, 3.63) is 54.3 Å².